The van der Waals surface area contributed by atoms with Crippen LogP contribution in [-0.4, -0.2) is 8.76 Å². The summed E-state index contributed by atoms with van der Waals surface area (Å²) in [6.07, 6.45) is 0. The Morgan fingerprint density at radius 3 is 2.56 bits per heavy atom. The molecule has 0 saturated carbocycles. The monoisotopic (exact) mass is 301 g/mol. The molecule has 0 bridgehead atoms. The molecular weight excluding hydrogens is 293 g/mol. The second-order valence-electron chi connectivity index (χ2n) is 3.59. The van der Waals surface area contributed by atoms with E-state index in [2.05, 4.69) is 5.32 Å². The fraction of sp³-hybridized carbons (Fsp3) is 0. The summed E-state index contributed by atoms with van der Waals surface area (Å²) >= 11 is -0.643. The van der Waals surface area contributed by atoms with Gasteiger partial charge in [0, 0.05) is 14.7 Å². The smallest absolute Gasteiger partial charge is 0.768 e. The molecule has 1 aliphatic rings. The van der Waals surface area contributed by atoms with Crippen LogP contribution in [0.4, 0.5) is 11.4 Å². The van der Waals surface area contributed by atoms with E-state index in [9.17, 15) is 8.76 Å². The molecular formula is C12H8KNO2S2. The van der Waals surface area contributed by atoms with Gasteiger partial charge in [-0.15, -0.1) is 0 Å². The third-order valence-corrected chi connectivity index (χ3v) is 4.37. The van der Waals surface area contributed by atoms with Gasteiger partial charge in [0.15, 0.2) is 0 Å². The summed E-state index contributed by atoms with van der Waals surface area (Å²) in [5, 5.41) is 3.18. The SMILES string of the molecule is O=S([O-])c1cccc2c1Nc1ccccc1S2.[K+]. The maximum atomic E-state index is 11.1. The van der Waals surface area contributed by atoms with Crippen LogP contribution in [0.15, 0.2) is 57.2 Å². The van der Waals surface area contributed by atoms with Crippen LogP contribution in [0.2, 0.25) is 0 Å². The summed E-state index contributed by atoms with van der Waals surface area (Å²) < 4.78 is 22.3. The van der Waals surface area contributed by atoms with Crippen molar-refractivity contribution in [2.75, 3.05) is 5.32 Å². The molecule has 0 aliphatic carbocycles. The van der Waals surface area contributed by atoms with Crippen molar-refractivity contribution in [3.05, 3.63) is 42.5 Å². The first-order chi connectivity index (χ1) is 8.25. The molecule has 0 saturated heterocycles. The molecule has 3 nitrogen and oxygen atoms in total. The molecule has 0 spiro atoms. The molecule has 2 aromatic carbocycles. The molecule has 0 aromatic heterocycles. The van der Waals surface area contributed by atoms with Crippen LogP contribution in [0.5, 0.6) is 0 Å². The Bertz CT molecular complexity index is 619. The van der Waals surface area contributed by atoms with Crippen molar-refractivity contribution in [3.8, 4) is 0 Å². The van der Waals surface area contributed by atoms with Crippen molar-refractivity contribution >= 4 is 34.2 Å². The van der Waals surface area contributed by atoms with Crippen LogP contribution >= 0.6 is 11.8 Å². The number of rotatable bonds is 1. The Hall–Kier alpha value is 0.336. The van der Waals surface area contributed by atoms with Gasteiger partial charge in [-0.2, -0.15) is 0 Å². The normalized spacial score (nSPS) is 13.6. The molecule has 18 heavy (non-hydrogen) atoms. The molecule has 6 heteroatoms. The molecule has 3 rings (SSSR count). The van der Waals surface area contributed by atoms with Gasteiger partial charge in [-0.05, 0) is 35.3 Å². The van der Waals surface area contributed by atoms with Crippen molar-refractivity contribution in [2.24, 2.45) is 0 Å². The second-order valence-corrected chi connectivity index (χ2v) is 5.58. The first-order valence-electron chi connectivity index (χ1n) is 5.02. The topological polar surface area (TPSA) is 52.2 Å². The van der Waals surface area contributed by atoms with Crippen LogP contribution in [0.25, 0.3) is 0 Å². The molecule has 1 atom stereocenters. The van der Waals surface area contributed by atoms with Gasteiger partial charge in [0.05, 0.1) is 11.4 Å². The molecule has 1 aliphatic heterocycles. The summed E-state index contributed by atoms with van der Waals surface area (Å²) in [4.78, 5) is 2.35. The van der Waals surface area contributed by atoms with E-state index in [4.69, 9.17) is 0 Å². The van der Waals surface area contributed by atoms with E-state index >= 15 is 0 Å². The van der Waals surface area contributed by atoms with Crippen LogP contribution in [0, 0.1) is 0 Å². The van der Waals surface area contributed by atoms with Gasteiger partial charge in [-0.25, -0.2) is 0 Å². The molecule has 1 heterocycles. The Kier molecular flexibility index (Phi) is 5.07. The standard InChI is InChI=1S/C12H9NO2S2.K/c14-17(15)11-7-3-6-10-12(11)13-8-4-1-2-5-9(8)16-10;/h1-7,13H,(H,14,15);/q;+1/p-1. The average molecular weight is 301 g/mol. The summed E-state index contributed by atoms with van der Waals surface area (Å²) in [5.74, 6) is 0. The van der Waals surface area contributed by atoms with Gasteiger partial charge >= 0.3 is 51.4 Å². The van der Waals surface area contributed by atoms with E-state index in [1.54, 1.807) is 23.9 Å². The Morgan fingerprint density at radius 2 is 1.78 bits per heavy atom. The summed E-state index contributed by atoms with van der Waals surface area (Å²) in [6, 6.07) is 13.1. The van der Waals surface area contributed by atoms with Gasteiger partial charge in [0.25, 0.3) is 0 Å². The zero-order chi connectivity index (χ0) is 11.8. The van der Waals surface area contributed by atoms with Crippen LogP contribution in [0.1, 0.15) is 0 Å². The first kappa shape index (κ1) is 14.7. The number of fused-ring (bicyclic) bond motifs is 2. The minimum Gasteiger partial charge on any atom is -0.768 e. The molecule has 86 valence electrons. The number of anilines is 2. The third-order valence-electron chi connectivity index (χ3n) is 2.53. The van der Waals surface area contributed by atoms with Gasteiger partial charge in [-0.3, -0.25) is 4.21 Å². The largest absolute Gasteiger partial charge is 1.00 e. The van der Waals surface area contributed by atoms with E-state index in [1.165, 1.54) is 0 Å². The molecule has 0 radical (unpaired) electrons. The number of hydrogen-bond acceptors (Lipinski definition) is 4. The van der Waals surface area contributed by atoms with Crippen molar-refractivity contribution in [1.82, 2.24) is 0 Å². The predicted molar refractivity (Wildman–Crippen MR) is 67.5 cm³/mol. The van der Waals surface area contributed by atoms with Crippen molar-refractivity contribution in [2.45, 2.75) is 14.7 Å². The molecule has 1 N–H and O–H groups in total. The van der Waals surface area contributed by atoms with E-state index in [1.807, 2.05) is 30.3 Å². The van der Waals surface area contributed by atoms with Crippen molar-refractivity contribution in [3.63, 3.8) is 0 Å². The summed E-state index contributed by atoms with van der Waals surface area (Å²) in [6.45, 7) is 0. The van der Waals surface area contributed by atoms with Gasteiger partial charge in [0.1, 0.15) is 0 Å². The summed E-state index contributed by atoms with van der Waals surface area (Å²) in [5.41, 5.74) is 1.62. The van der Waals surface area contributed by atoms with Gasteiger partial charge < -0.3 is 9.87 Å². The fourth-order valence-electron chi connectivity index (χ4n) is 1.77. The zero-order valence-electron chi connectivity index (χ0n) is 9.67. The van der Waals surface area contributed by atoms with E-state index in [0.717, 1.165) is 15.5 Å². The van der Waals surface area contributed by atoms with Crippen LogP contribution < -0.4 is 56.7 Å². The van der Waals surface area contributed by atoms with Crippen molar-refractivity contribution < 1.29 is 60.1 Å². The number of nitrogens with one attached hydrogen (secondary N) is 1. The van der Waals surface area contributed by atoms with Gasteiger partial charge in [-0.1, -0.05) is 30.0 Å². The zero-order valence-corrected chi connectivity index (χ0v) is 14.4. The maximum Gasteiger partial charge on any atom is 1.00 e. The Morgan fingerprint density at radius 1 is 1.06 bits per heavy atom. The Labute approximate surface area is 154 Å². The van der Waals surface area contributed by atoms with Crippen LogP contribution in [-0.2, 0) is 11.1 Å². The summed E-state index contributed by atoms with van der Waals surface area (Å²) in [7, 11) is 0. The van der Waals surface area contributed by atoms with E-state index in [0.29, 0.717) is 10.6 Å². The Balaban J connectivity index is 0.00000120. The fourth-order valence-corrected chi connectivity index (χ4v) is 3.37. The molecule has 0 amide bonds. The third kappa shape index (κ3) is 2.76. The molecule has 2 aromatic rings. The number of benzene rings is 2. The maximum absolute atomic E-state index is 11.1. The first-order valence-corrected chi connectivity index (χ1v) is 6.91. The van der Waals surface area contributed by atoms with E-state index in [-0.39, 0.29) is 51.4 Å². The van der Waals surface area contributed by atoms with Gasteiger partial charge in [0.2, 0.25) is 0 Å². The molecule has 0 fully saturated rings. The predicted octanol–water partition coefficient (Wildman–Crippen LogP) is 0.137. The molecule has 1 unspecified atom stereocenters. The second kappa shape index (κ2) is 6.19. The average Bonchev–Trinajstić information content (AvgIpc) is 2.35. The van der Waals surface area contributed by atoms with E-state index < -0.39 is 11.1 Å². The quantitative estimate of drug-likeness (QED) is 0.513. The minimum atomic E-state index is -2.22. The van der Waals surface area contributed by atoms with Crippen molar-refractivity contribution in [1.29, 1.82) is 0 Å². The number of hydrogen-bond donors (Lipinski definition) is 1. The minimum absolute atomic E-state index is 0. The van der Waals surface area contributed by atoms with Crippen LogP contribution in [0.3, 0.4) is 0 Å². The number of para-hydroxylation sites is 2.